The van der Waals surface area contributed by atoms with Crippen molar-refractivity contribution in [1.82, 2.24) is 4.72 Å². The predicted octanol–water partition coefficient (Wildman–Crippen LogP) is 3.45. The summed E-state index contributed by atoms with van der Waals surface area (Å²) in [6.45, 7) is 4.12. The highest BCUT2D eigenvalue weighted by Gasteiger charge is 2.37. The van der Waals surface area contributed by atoms with E-state index in [0.717, 1.165) is 31.4 Å². The highest BCUT2D eigenvalue weighted by Crippen LogP contribution is 2.38. The summed E-state index contributed by atoms with van der Waals surface area (Å²) in [7, 11) is -3.63. The molecule has 0 saturated heterocycles. The van der Waals surface area contributed by atoms with Gasteiger partial charge >= 0.3 is 0 Å². The Balaban J connectivity index is 2.28. The molecule has 1 aromatic carbocycles. The molecule has 0 radical (unpaired) electrons. The third kappa shape index (κ3) is 3.17. The number of hydrogen-bond acceptors (Lipinski definition) is 2. The Morgan fingerprint density at radius 1 is 1.42 bits per heavy atom. The summed E-state index contributed by atoms with van der Waals surface area (Å²) in [5.41, 5.74) is -0.0421. The lowest BCUT2D eigenvalue weighted by Gasteiger charge is -2.27. The average Bonchev–Trinajstić information content (AvgIpc) is 2.56. The van der Waals surface area contributed by atoms with Crippen LogP contribution in [0.3, 0.4) is 0 Å². The first-order chi connectivity index (χ1) is 8.72. The van der Waals surface area contributed by atoms with Gasteiger partial charge in [-0.1, -0.05) is 20.3 Å². The molecule has 1 atom stereocenters. The molecule has 1 N–H and O–H groups in total. The summed E-state index contributed by atoms with van der Waals surface area (Å²) >= 11 is 3.10. The van der Waals surface area contributed by atoms with Gasteiger partial charge in [0.2, 0.25) is 10.0 Å². The number of hydrogen-bond donors (Lipinski definition) is 1. The number of sulfonamides is 1. The van der Waals surface area contributed by atoms with E-state index in [1.54, 1.807) is 0 Å². The Hall–Kier alpha value is -0.460. The van der Waals surface area contributed by atoms with Gasteiger partial charge in [0.25, 0.3) is 0 Å². The second-order valence-electron chi connectivity index (χ2n) is 5.63. The molecule has 1 unspecified atom stereocenters. The number of rotatable bonds is 3. The molecule has 2 rings (SSSR count). The van der Waals surface area contributed by atoms with Crippen molar-refractivity contribution in [1.29, 1.82) is 0 Å². The van der Waals surface area contributed by atoms with Gasteiger partial charge in [0.1, 0.15) is 5.82 Å². The molecule has 0 spiro atoms. The summed E-state index contributed by atoms with van der Waals surface area (Å²) in [5.74, 6) is -0.466. The first-order valence-corrected chi connectivity index (χ1v) is 8.47. The summed E-state index contributed by atoms with van der Waals surface area (Å²) in [5, 5.41) is 0. The second-order valence-corrected chi connectivity index (χ2v) is 8.17. The lowest BCUT2D eigenvalue weighted by molar-refractivity contribution is 0.313. The average molecular weight is 350 g/mol. The minimum absolute atomic E-state index is 0.0421. The third-order valence-electron chi connectivity index (χ3n) is 3.74. The van der Waals surface area contributed by atoms with Gasteiger partial charge in [-0.3, -0.25) is 0 Å². The van der Waals surface area contributed by atoms with E-state index < -0.39 is 15.8 Å². The Kier molecular flexibility index (Phi) is 4.05. The monoisotopic (exact) mass is 349 g/mol. The topological polar surface area (TPSA) is 46.2 Å². The Morgan fingerprint density at radius 2 is 2.11 bits per heavy atom. The van der Waals surface area contributed by atoms with Crippen LogP contribution < -0.4 is 4.72 Å². The molecular formula is C13H17BrFNO2S. The van der Waals surface area contributed by atoms with Crippen LogP contribution in [0.2, 0.25) is 0 Å². The zero-order valence-electron chi connectivity index (χ0n) is 10.9. The Labute approximate surface area is 121 Å². The molecule has 3 nitrogen and oxygen atoms in total. The summed E-state index contributed by atoms with van der Waals surface area (Å²) in [6.07, 6.45) is 2.86. The molecule has 0 amide bonds. The van der Waals surface area contributed by atoms with Crippen LogP contribution in [0, 0.1) is 11.2 Å². The van der Waals surface area contributed by atoms with Crippen molar-refractivity contribution in [2.45, 2.75) is 44.0 Å². The number of benzene rings is 1. The van der Waals surface area contributed by atoms with E-state index in [2.05, 4.69) is 34.5 Å². The fourth-order valence-electron chi connectivity index (χ4n) is 2.49. The van der Waals surface area contributed by atoms with Gasteiger partial charge in [0.05, 0.1) is 4.90 Å². The van der Waals surface area contributed by atoms with Crippen LogP contribution in [0.4, 0.5) is 4.39 Å². The van der Waals surface area contributed by atoms with Crippen LogP contribution in [-0.2, 0) is 10.0 Å². The maximum atomic E-state index is 13.0. The zero-order valence-corrected chi connectivity index (χ0v) is 13.3. The first-order valence-electron chi connectivity index (χ1n) is 6.20. The molecule has 0 aromatic heterocycles. The molecule has 106 valence electrons. The standard InChI is InChI=1S/C13H17BrFNO2S/c1-13(2)7-3-4-12(13)16-19(17,18)11-6-5-9(15)8-10(11)14/h5-6,8,12,16H,3-4,7H2,1-2H3. The minimum Gasteiger partial charge on any atom is -0.208 e. The van der Waals surface area contributed by atoms with Crippen LogP contribution in [0.15, 0.2) is 27.6 Å². The first kappa shape index (κ1) is 14.9. The summed E-state index contributed by atoms with van der Waals surface area (Å²) in [6, 6.07) is 3.52. The van der Waals surface area contributed by atoms with Crippen molar-refractivity contribution in [3.63, 3.8) is 0 Å². The molecule has 19 heavy (non-hydrogen) atoms. The van der Waals surface area contributed by atoms with Crippen molar-refractivity contribution in [3.8, 4) is 0 Å². The lowest BCUT2D eigenvalue weighted by atomic mass is 9.88. The lowest BCUT2D eigenvalue weighted by Crippen LogP contribution is -2.41. The van der Waals surface area contributed by atoms with Crippen molar-refractivity contribution in [2.24, 2.45) is 5.41 Å². The van der Waals surface area contributed by atoms with E-state index in [4.69, 9.17) is 0 Å². The van der Waals surface area contributed by atoms with Gasteiger partial charge in [-0.15, -0.1) is 0 Å². The summed E-state index contributed by atoms with van der Waals surface area (Å²) in [4.78, 5) is 0.0802. The fraction of sp³-hybridized carbons (Fsp3) is 0.538. The minimum atomic E-state index is -3.63. The predicted molar refractivity (Wildman–Crippen MR) is 75.8 cm³/mol. The van der Waals surface area contributed by atoms with Crippen LogP contribution >= 0.6 is 15.9 Å². The molecule has 1 fully saturated rings. The van der Waals surface area contributed by atoms with Crippen LogP contribution in [0.1, 0.15) is 33.1 Å². The largest absolute Gasteiger partial charge is 0.241 e. The molecule has 0 aliphatic heterocycles. The van der Waals surface area contributed by atoms with E-state index in [9.17, 15) is 12.8 Å². The van der Waals surface area contributed by atoms with E-state index in [1.807, 2.05) is 0 Å². The fourth-order valence-corrected chi connectivity index (χ4v) is 4.98. The highest BCUT2D eigenvalue weighted by molar-refractivity contribution is 9.10. The molecule has 1 aliphatic rings. The number of nitrogens with one attached hydrogen (secondary N) is 1. The number of halogens is 2. The molecular weight excluding hydrogens is 333 g/mol. The van der Waals surface area contributed by atoms with E-state index in [1.165, 1.54) is 6.07 Å². The van der Waals surface area contributed by atoms with E-state index >= 15 is 0 Å². The van der Waals surface area contributed by atoms with Crippen LogP contribution in [-0.4, -0.2) is 14.5 Å². The van der Waals surface area contributed by atoms with Crippen molar-refractivity contribution >= 4 is 26.0 Å². The Morgan fingerprint density at radius 3 is 2.63 bits per heavy atom. The van der Waals surface area contributed by atoms with E-state index in [0.29, 0.717) is 0 Å². The van der Waals surface area contributed by atoms with Crippen molar-refractivity contribution in [2.75, 3.05) is 0 Å². The van der Waals surface area contributed by atoms with Gasteiger partial charge in [0.15, 0.2) is 0 Å². The van der Waals surface area contributed by atoms with Gasteiger partial charge in [0, 0.05) is 10.5 Å². The van der Waals surface area contributed by atoms with Gasteiger partial charge in [-0.2, -0.15) is 0 Å². The highest BCUT2D eigenvalue weighted by atomic mass is 79.9. The zero-order chi connectivity index (χ0) is 14.3. The van der Waals surface area contributed by atoms with Gasteiger partial charge < -0.3 is 0 Å². The summed E-state index contributed by atoms with van der Waals surface area (Å²) < 4.78 is 40.7. The van der Waals surface area contributed by atoms with Crippen molar-refractivity contribution in [3.05, 3.63) is 28.5 Å². The molecule has 6 heteroatoms. The molecule has 1 aromatic rings. The molecule has 0 heterocycles. The smallest absolute Gasteiger partial charge is 0.208 e. The molecule has 1 aliphatic carbocycles. The Bertz CT molecular complexity index is 586. The van der Waals surface area contributed by atoms with E-state index in [-0.39, 0.29) is 20.8 Å². The normalized spacial score (nSPS) is 22.6. The molecule has 0 bridgehead atoms. The second kappa shape index (κ2) is 5.14. The maximum Gasteiger partial charge on any atom is 0.241 e. The maximum absolute atomic E-state index is 13.0. The van der Waals surface area contributed by atoms with Crippen LogP contribution in [0.5, 0.6) is 0 Å². The third-order valence-corrected chi connectivity index (χ3v) is 6.19. The molecule has 1 saturated carbocycles. The quantitative estimate of drug-likeness (QED) is 0.908. The van der Waals surface area contributed by atoms with Crippen LogP contribution in [0.25, 0.3) is 0 Å². The SMILES string of the molecule is CC1(C)CCCC1NS(=O)(=O)c1ccc(F)cc1Br. The van der Waals surface area contributed by atoms with Crippen molar-refractivity contribution < 1.29 is 12.8 Å². The van der Waals surface area contributed by atoms with Gasteiger partial charge in [-0.05, 0) is 52.4 Å². The van der Waals surface area contributed by atoms with Gasteiger partial charge in [-0.25, -0.2) is 17.5 Å².